The molecule has 0 radical (unpaired) electrons. The average Bonchev–Trinajstić information content (AvgIpc) is 3.15. The van der Waals surface area contributed by atoms with E-state index in [0.717, 1.165) is 35.0 Å². The summed E-state index contributed by atoms with van der Waals surface area (Å²) in [5.41, 5.74) is 4.02. The number of rotatable bonds is 7. The van der Waals surface area contributed by atoms with E-state index in [1.165, 1.54) is 16.2 Å². The highest BCUT2D eigenvalue weighted by molar-refractivity contribution is 7.15. The van der Waals surface area contributed by atoms with Crippen molar-refractivity contribution in [3.63, 3.8) is 0 Å². The van der Waals surface area contributed by atoms with Gasteiger partial charge in [-0.25, -0.2) is 9.97 Å². The van der Waals surface area contributed by atoms with Crippen molar-refractivity contribution in [2.24, 2.45) is 0 Å². The molecular formula is C16H16ClN3OS2. The Bertz CT molecular complexity index is 755. The van der Waals surface area contributed by atoms with Crippen molar-refractivity contribution in [3.05, 3.63) is 55.9 Å². The molecule has 0 saturated heterocycles. The molecule has 0 aliphatic heterocycles. The summed E-state index contributed by atoms with van der Waals surface area (Å²) in [6.45, 7) is 3.41. The van der Waals surface area contributed by atoms with E-state index in [-0.39, 0.29) is 0 Å². The van der Waals surface area contributed by atoms with Gasteiger partial charge in [-0.05, 0) is 31.2 Å². The molecule has 0 amide bonds. The lowest BCUT2D eigenvalue weighted by Gasteiger charge is -2.08. The van der Waals surface area contributed by atoms with Crippen LogP contribution in [0.3, 0.4) is 0 Å². The first-order chi connectivity index (χ1) is 11.2. The molecule has 7 heteroatoms. The van der Waals surface area contributed by atoms with Gasteiger partial charge in [0.1, 0.15) is 5.75 Å². The van der Waals surface area contributed by atoms with E-state index in [9.17, 15) is 0 Å². The van der Waals surface area contributed by atoms with E-state index in [1.54, 1.807) is 17.5 Å². The first kappa shape index (κ1) is 16.2. The molecule has 120 valence electrons. The Labute approximate surface area is 148 Å². The summed E-state index contributed by atoms with van der Waals surface area (Å²) in [6, 6.07) is 7.97. The molecule has 0 saturated carbocycles. The second-order valence-electron chi connectivity index (χ2n) is 4.92. The zero-order valence-corrected chi connectivity index (χ0v) is 15.0. The quantitative estimate of drug-likeness (QED) is 0.653. The van der Waals surface area contributed by atoms with Gasteiger partial charge in [-0.2, -0.15) is 0 Å². The lowest BCUT2D eigenvalue weighted by molar-refractivity contribution is 0.322. The Morgan fingerprint density at radius 3 is 2.70 bits per heavy atom. The van der Waals surface area contributed by atoms with Gasteiger partial charge in [0.15, 0.2) is 4.47 Å². The fourth-order valence-corrected chi connectivity index (χ4v) is 3.73. The maximum atomic E-state index is 5.82. The highest BCUT2D eigenvalue weighted by Gasteiger charge is 2.03. The minimum atomic E-state index is 0.571. The summed E-state index contributed by atoms with van der Waals surface area (Å²) in [5, 5.41) is 3.34. The summed E-state index contributed by atoms with van der Waals surface area (Å²) < 4.78 is 6.35. The number of nitrogens with zero attached hydrogens (tertiary/aromatic N) is 2. The van der Waals surface area contributed by atoms with Gasteiger partial charge in [-0.1, -0.05) is 11.6 Å². The van der Waals surface area contributed by atoms with Gasteiger partial charge in [-0.3, -0.25) is 0 Å². The molecule has 1 aromatic carbocycles. The molecule has 2 aromatic heterocycles. The van der Waals surface area contributed by atoms with Gasteiger partial charge in [0.25, 0.3) is 0 Å². The zero-order valence-electron chi connectivity index (χ0n) is 12.6. The summed E-state index contributed by atoms with van der Waals surface area (Å²) >= 11 is 8.98. The van der Waals surface area contributed by atoms with E-state index in [2.05, 4.69) is 15.3 Å². The molecule has 0 fully saturated rings. The van der Waals surface area contributed by atoms with Crippen LogP contribution in [-0.2, 0) is 13.0 Å². The second-order valence-corrected chi connectivity index (χ2v) is 7.55. The van der Waals surface area contributed by atoms with Crippen LogP contribution in [0.15, 0.2) is 36.0 Å². The van der Waals surface area contributed by atoms with Crippen molar-refractivity contribution in [3.8, 4) is 5.75 Å². The summed E-state index contributed by atoms with van der Waals surface area (Å²) in [6.07, 6.45) is 2.68. The van der Waals surface area contributed by atoms with Crippen LogP contribution in [0.4, 0.5) is 5.69 Å². The van der Waals surface area contributed by atoms with E-state index >= 15 is 0 Å². The highest BCUT2D eigenvalue weighted by atomic mass is 35.5. The molecular weight excluding hydrogens is 350 g/mol. The number of hydrogen-bond donors (Lipinski definition) is 1. The number of thiazole rings is 2. The van der Waals surface area contributed by atoms with E-state index in [1.807, 2.05) is 36.7 Å². The smallest absolute Gasteiger partial charge is 0.183 e. The van der Waals surface area contributed by atoms with Gasteiger partial charge in [-0.15, -0.1) is 22.7 Å². The number of anilines is 1. The van der Waals surface area contributed by atoms with Crippen molar-refractivity contribution >= 4 is 40.0 Å². The van der Waals surface area contributed by atoms with Crippen molar-refractivity contribution in [2.75, 3.05) is 11.9 Å². The lowest BCUT2D eigenvalue weighted by Crippen LogP contribution is -2.01. The maximum Gasteiger partial charge on any atom is 0.183 e. The van der Waals surface area contributed by atoms with Gasteiger partial charge in [0.2, 0.25) is 0 Å². The molecule has 0 aliphatic rings. The fraction of sp³-hybridized carbons (Fsp3) is 0.250. The Hall–Kier alpha value is -1.63. The standard InChI is InChI=1S/C16H16ClN3OS2/c1-11-15(22-10-20-11)6-7-21-13-4-2-12(3-5-13)18-8-14-9-19-16(17)23-14/h2-5,9-10,18H,6-8H2,1H3. The highest BCUT2D eigenvalue weighted by Crippen LogP contribution is 2.21. The monoisotopic (exact) mass is 365 g/mol. The van der Waals surface area contributed by atoms with E-state index < -0.39 is 0 Å². The first-order valence-electron chi connectivity index (χ1n) is 7.16. The minimum Gasteiger partial charge on any atom is -0.493 e. The van der Waals surface area contributed by atoms with Crippen LogP contribution >= 0.6 is 34.3 Å². The Balaban J connectivity index is 1.46. The third-order valence-corrected chi connectivity index (χ3v) is 5.40. The number of aromatic nitrogens is 2. The van der Waals surface area contributed by atoms with Gasteiger partial charge < -0.3 is 10.1 Å². The molecule has 2 heterocycles. The number of nitrogens with one attached hydrogen (secondary N) is 1. The lowest BCUT2D eigenvalue weighted by atomic mass is 10.3. The number of benzene rings is 1. The molecule has 0 atom stereocenters. The van der Waals surface area contributed by atoms with E-state index in [4.69, 9.17) is 16.3 Å². The Morgan fingerprint density at radius 2 is 2.04 bits per heavy atom. The van der Waals surface area contributed by atoms with Crippen LogP contribution in [0.2, 0.25) is 4.47 Å². The Morgan fingerprint density at radius 1 is 1.22 bits per heavy atom. The minimum absolute atomic E-state index is 0.571. The summed E-state index contributed by atoms with van der Waals surface area (Å²) in [7, 11) is 0. The molecule has 23 heavy (non-hydrogen) atoms. The Kier molecular flexibility index (Phi) is 5.48. The van der Waals surface area contributed by atoms with Crippen LogP contribution < -0.4 is 10.1 Å². The molecule has 3 rings (SSSR count). The summed E-state index contributed by atoms with van der Waals surface area (Å²) in [5.74, 6) is 0.874. The SMILES string of the molecule is Cc1ncsc1CCOc1ccc(NCc2cnc(Cl)s2)cc1. The maximum absolute atomic E-state index is 5.82. The van der Waals surface area contributed by atoms with E-state index in [0.29, 0.717) is 11.1 Å². The van der Waals surface area contributed by atoms with Gasteiger partial charge in [0, 0.05) is 28.1 Å². The topological polar surface area (TPSA) is 47.0 Å². The zero-order chi connectivity index (χ0) is 16.1. The number of aryl methyl sites for hydroxylation is 1. The fourth-order valence-electron chi connectivity index (χ4n) is 2.05. The third-order valence-electron chi connectivity index (χ3n) is 3.29. The molecule has 0 unspecified atom stereocenters. The van der Waals surface area contributed by atoms with Crippen molar-refractivity contribution in [2.45, 2.75) is 19.9 Å². The molecule has 3 aromatic rings. The molecule has 1 N–H and O–H groups in total. The normalized spacial score (nSPS) is 10.7. The van der Waals surface area contributed by atoms with Gasteiger partial charge in [0.05, 0.1) is 24.4 Å². The largest absolute Gasteiger partial charge is 0.493 e. The summed E-state index contributed by atoms with van der Waals surface area (Å²) in [4.78, 5) is 10.7. The average molecular weight is 366 g/mol. The van der Waals surface area contributed by atoms with Gasteiger partial charge >= 0.3 is 0 Å². The van der Waals surface area contributed by atoms with Crippen LogP contribution in [0, 0.1) is 6.92 Å². The first-order valence-corrected chi connectivity index (χ1v) is 9.24. The van der Waals surface area contributed by atoms with Crippen molar-refractivity contribution in [1.29, 1.82) is 0 Å². The third kappa shape index (κ3) is 4.67. The van der Waals surface area contributed by atoms with Crippen molar-refractivity contribution < 1.29 is 4.74 Å². The number of ether oxygens (including phenoxy) is 1. The predicted octanol–water partition coefficient (Wildman–Crippen LogP) is 4.80. The molecule has 4 nitrogen and oxygen atoms in total. The molecule has 0 aliphatic carbocycles. The van der Waals surface area contributed by atoms with Crippen LogP contribution in [-0.4, -0.2) is 16.6 Å². The molecule has 0 bridgehead atoms. The number of halogens is 1. The predicted molar refractivity (Wildman–Crippen MR) is 96.9 cm³/mol. The van der Waals surface area contributed by atoms with Crippen molar-refractivity contribution in [1.82, 2.24) is 9.97 Å². The molecule has 0 spiro atoms. The van der Waals surface area contributed by atoms with Crippen LogP contribution in [0.25, 0.3) is 0 Å². The second kappa shape index (κ2) is 7.77. The number of hydrogen-bond acceptors (Lipinski definition) is 6. The van der Waals surface area contributed by atoms with Crippen LogP contribution in [0.1, 0.15) is 15.4 Å². The van der Waals surface area contributed by atoms with Crippen LogP contribution in [0.5, 0.6) is 5.75 Å².